The van der Waals surface area contributed by atoms with Crippen LogP contribution in [-0.2, 0) is 6.18 Å². The minimum atomic E-state index is -4.50. The predicted octanol–water partition coefficient (Wildman–Crippen LogP) is 3.98. The van der Waals surface area contributed by atoms with Gasteiger partial charge in [-0.05, 0) is 49.7 Å². The highest BCUT2D eigenvalue weighted by molar-refractivity contribution is 6.06. The summed E-state index contributed by atoms with van der Waals surface area (Å²) in [6.07, 6.45) is -4.50. The van der Waals surface area contributed by atoms with Crippen LogP contribution in [0.5, 0.6) is 0 Å². The first kappa shape index (κ1) is 18.6. The van der Waals surface area contributed by atoms with Crippen molar-refractivity contribution in [3.8, 4) is 0 Å². The Hall–Kier alpha value is -2.74. The molecule has 5 N–H and O–H groups in total. The molecule has 0 aliphatic carbocycles. The quantitative estimate of drug-likeness (QED) is 0.485. The lowest BCUT2D eigenvalue weighted by atomic mass is 10.1. The van der Waals surface area contributed by atoms with Crippen LogP contribution < -0.4 is 21.9 Å². The Labute approximate surface area is 143 Å². The van der Waals surface area contributed by atoms with Crippen molar-refractivity contribution in [2.45, 2.75) is 20.0 Å². The van der Waals surface area contributed by atoms with E-state index in [1.807, 2.05) is 13.8 Å². The van der Waals surface area contributed by atoms with Crippen LogP contribution in [0.2, 0.25) is 0 Å². The van der Waals surface area contributed by atoms with Crippen LogP contribution in [-0.4, -0.2) is 12.5 Å². The Balaban J connectivity index is 2.35. The number of carbonyl (C=O) groups excluding carboxylic acids is 1. The highest BCUT2D eigenvalue weighted by Gasteiger charge is 2.31. The number of hydrogen-bond acceptors (Lipinski definition) is 4. The second-order valence-electron chi connectivity index (χ2n) is 5.42. The third-order valence-electron chi connectivity index (χ3n) is 3.62. The van der Waals surface area contributed by atoms with Crippen molar-refractivity contribution in [2.75, 3.05) is 22.6 Å². The maximum atomic E-state index is 12.9. The molecule has 0 spiro atoms. The molecule has 0 saturated heterocycles. The molecule has 2 aromatic rings. The van der Waals surface area contributed by atoms with E-state index in [2.05, 4.69) is 16.1 Å². The normalized spacial score (nSPS) is 11.1. The maximum absolute atomic E-state index is 12.9. The number of hydrogen-bond donors (Lipinski definition) is 4. The summed E-state index contributed by atoms with van der Waals surface area (Å²) in [5.74, 6) is 4.85. The molecule has 0 aliphatic rings. The standard InChI is InChI=1S/C17H19F3N4O/c1-3-22-13-7-6-12(17(18,19)20)9-15(13)23-16(25)11-5-4-10(2)14(8-11)24-21/h4-9,22,24H,3,21H2,1-2H3,(H,23,25). The molecule has 1 amide bonds. The van der Waals surface area contributed by atoms with E-state index < -0.39 is 17.6 Å². The summed E-state index contributed by atoms with van der Waals surface area (Å²) in [4.78, 5) is 12.4. The van der Waals surface area contributed by atoms with Crippen molar-refractivity contribution in [2.24, 2.45) is 5.84 Å². The van der Waals surface area contributed by atoms with Gasteiger partial charge in [0, 0.05) is 12.1 Å². The van der Waals surface area contributed by atoms with Crippen LogP contribution >= 0.6 is 0 Å². The number of amides is 1. The molecule has 0 aromatic heterocycles. The number of nitrogens with one attached hydrogen (secondary N) is 3. The van der Waals surface area contributed by atoms with Crippen molar-refractivity contribution < 1.29 is 18.0 Å². The molecule has 0 heterocycles. The summed E-state index contributed by atoms with van der Waals surface area (Å²) < 4.78 is 38.8. The fourth-order valence-corrected chi connectivity index (χ4v) is 2.28. The van der Waals surface area contributed by atoms with E-state index in [0.717, 1.165) is 17.7 Å². The monoisotopic (exact) mass is 352 g/mol. The summed E-state index contributed by atoms with van der Waals surface area (Å²) in [7, 11) is 0. The lowest BCUT2D eigenvalue weighted by Crippen LogP contribution is -2.16. The molecule has 5 nitrogen and oxygen atoms in total. The fraction of sp³-hybridized carbons (Fsp3) is 0.235. The van der Waals surface area contributed by atoms with Crippen molar-refractivity contribution in [1.29, 1.82) is 0 Å². The zero-order valence-electron chi connectivity index (χ0n) is 13.8. The lowest BCUT2D eigenvalue weighted by molar-refractivity contribution is -0.137. The number of alkyl halides is 3. The Bertz CT molecular complexity index is 775. The van der Waals surface area contributed by atoms with Gasteiger partial charge in [-0.15, -0.1) is 0 Å². The van der Waals surface area contributed by atoms with E-state index in [1.54, 1.807) is 12.1 Å². The molecule has 0 bridgehead atoms. The second-order valence-corrected chi connectivity index (χ2v) is 5.42. The average molecular weight is 352 g/mol. The Morgan fingerprint density at radius 3 is 2.40 bits per heavy atom. The van der Waals surface area contributed by atoms with Gasteiger partial charge in [-0.2, -0.15) is 13.2 Å². The van der Waals surface area contributed by atoms with Crippen LogP contribution in [0.15, 0.2) is 36.4 Å². The molecular weight excluding hydrogens is 333 g/mol. The summed E-state index contributed by atoms with van der Waals surface area (Å²) in [6, 6.07) is 7.98. The van der Waals surface area contributed by atoms with Gasteiger partial charge in [0.2, 0.25) is 0 Å². The van der Waals surface area contributed by atoms with E-state index in [4.69, 9.17) is 5.84 Å². The Morgan fingerprint density at radius 2 is 1.80 bits per heavy atom. The number of nitrogen functional groups attached to an aromatic ring is 1. The van der Waals surface area contributed by atoms with Crippen molar-refractivity contribution >= 4 is 23.0 Å². The highest BCUT2D eigenvalue weighted by atomic mass is 19.4. The predicted molar refractivity (Wildman–Crippen MR) is 92.6 cm³/mol. The first-order valence-corrected chi connectivity index (χ1v) is 7.60. The first-order chi connectivity index (χ1) is 11.8. The summed E-state index contributed by atoms with van der Waals surface area (Å²) in [5, 5.41) is 5.45. The second kappa shape index (κ2) is 7.43. The van der Waals surface area contributed by atoms with Gasteiger partial charge in [0.1, 0.15) is 0 Å². The minimum absolute atomic E-state index is 0.0597. The number of rotatable bonds is 5. The van der Waals surface area contributed by atoms with Crippen LogP contribution in [0, 0.1) is 6.92 Å². The largest absolute Gasteiger partial charge is 0.416 e. The van der Waals surface area contributed by atoms with Crippen LogP contribution in [0.3, 0.4) is 0 Å². The first-order valence-electron chi connectivity index (χ1n) is 7.60. The topological polar surface area (TPSA) is 79.2 Å². The molecule has 0 aliphatic heterocycles. The van der Waals surface area contributed by atoms with Gasteiger partial charge in [-0.1, -0.05) is 6.07 Å². The summed E-state index contributed by atoms with van der Waals surface area (Å²) in [5.41, 5.74) is 3.78. The molecule has 8 heteroatoms. The number of nitrogens with two attached hydrogens (primary N) is 1. The van der Waals surface area contributed by atoms with Crippen molar-refractivity contribution in [3.63, 3.8) is 0 Å². The summed E-state index contributed by atoms with van der Waals surface area (Å²) >= 11 is 0. The third kappa shape index (κ3) is 4.42. The van der Waals surface area contributed by atoms with Gasteiger partial charge >= 0.3 is 6.18 Å². The SMILES string of the molecule is CCNc1ccc(C(F)(F)F)cc1NC(=O)c1ccc(C)c(NN)c1. The minimum Gasteiger partial charge on any atom is -0.384 e. The van der Waals surface area contributed by atoms with E-state index >= 15 is 0 Å². The van der Waals surface area contributed by atoms with Crippen LogP contribution in [0.25, 0.3) is 0 Å². The van der Waals surface area contributed by atoms with Gasteiger partial charge in [-0.25, -0.2) is 0 Å². The van der Waals surface area contributed by atoms with E-state index in [-0.39, 0.29) is 11.3 Å². The smallest absolute Gasteiger partial charge is 0.384 e. The molecule has 0 radical (unpaired) electrons. The van der Waals surface area contributed by atoms with Gasteiger partial charge < -0.3 is 16.1 Å². The molecule has 0 fully saturated rings. The number of benzene rings is 2. The van der Waals surface area contributed by atoms with Crippen molar-refractivity contribution in [3.05, 3.63) is 53.1 Å². The molecule has 0 unspecified atom stereocenters. The number of anilines is 3. The average Bonchev–Trinajstić information content (AvgIpc) is 2.56. The van der Waals surface area contributed by atoms with E-state index in [1.165, 1.54) is 12.1 Å². The number of halogens is 3. The molecule has 2 rings (SSSR count). The van der Waals surface area contributed by atoms with E-state index in [0.29, 0.717) is 17.9 Å². The lowest BCUT2D eigenvalue weighted by Gasteiger charge is -2.16. The van der Waals surface area contributed by atoms with Gasteiger partial charge in [-0.3, -0.25) is 10.6 Å². The molecule has 25 heavy (non-hydrogen) atoms. The van der Waals surface area contributed by atoms with Crippen LogP contribution in [0.4, 0.5) is 30.2 Å². The van der Waals surface area contributed by atoms with Gasteiger partial charge in [0.15, 0.2) is 0 Å². The number of aryl methyl sites for hydroxylation is 1. The number of hydrazine groups is 1. The molecule has 2 aromatic carbocycles. The molecule has 134 valence electrons. The van der Waals surface area contributed by atoms with Gasteiger partial charge in [0.05, 0.1) is 22.6 Å². The fourth-order valence-electron chi connectivity index (χ4n) is 2.28. The van der Waals surface area contributed by atoms with Crippen LogP contribution in [0.1, 0.15) is 28.4 Å². The molecular formula is C17H19F3N4O. The zero-order chi connectivity index (χ0) is 18.6. The highest BCUT2D eigenvalue weighted by Crippen LogP contribution is 2.34. The third-order valence-corrected chi connectivity index (χ3v) is 3.62. The number of carbonyl (C=O) groups is 1. The Morgan fingerprint density at radius 1 is 1.08 bits per heavy atom. The zero-order valence-corrected chi connectivity index (χ0v) is 13.8. The summed E-state index contributed by atoms with van der Waals surface area (Å²) in [6.45, 7) is 4.12. The van der Waals surface area contributed by atoms with Crippen molar-refractivity contribution in [1.82, 2.24) is 0 Å². The molecule has 0 saturated carbocycles. The maximum Gasteiger partial charge on any atom is 0.416 e. The molecule has 0 atom stereocenters. The Kier molecular flexibility index (Phi) is 5.53. The van der Waals surface area contributed by atoms with E-state index in [9.17, 15) is 18.0 Å². The van der Waals surface area contributed by atoms with Gasteiger partial charge in [0.25, 0.3) is 5.91 Å².